The third-order valence-corrected chi connectivity index (χ3v) is 3.56. The van der Waals surface area contributed by atoms with Gasteiger partial charge in [-0.3, -0.25) is 10.1 Å². The molecule has 1 N–H and O–H groups in total. The Hall–Kier alpha value is -0.980. The largest absolute Gasteiger partial charge is 0.368 e. The molecule has 1 aromatic rings. The first kappa shape index (κ1) is 12.5. The highest BCUT2D eigenvalue weighted by molar-refractivity contribution is 9.10. The number of benzene rings is 1. The van der Waals surface area contributed by atoms with Gasteiger partial charge in [0.2, 0.25) is 0 Å². The van der Waals surface area contributed by atoms with Crippen molar-refractivity contribution in [2.24, 2.45) is 0 Å². The average Bonchev–Trinajstić information content (AvgIpc) is 2.24. The van der Waals surface area contributed by atoms with Gasteiger partial charge in [0, 0.05) is 29.7 Å². The third kappa shape index (κ3) is 2.83. The maximum absolute atomic E-state index is 10.6. The summed E-state index contributed by atoms with van der Waals surface area (Å²) in [5.74, 6) is 0. The van der Waals surface area contributed by atoms with Gasteiger partial charge >= 0.3 is 0 Å². The predicted molar refractivity (Wildman–Crippen MR) is 66.9 cm³/mol. The van der Waals surface area contributed by atoms with E-state index in [1.807, 2.05) is 6.92 Å². The summed E-state index contributed by atoms with van der Waals surface area (Å²) in [7, 11) is 0. The second kappa shape index (κ2) is 4.72. The minimum Gasteiger partial charge on any atom is -0.368 e. The highest BCUT2D eigenvalue weighted by Gasteiger charge is 2.32. The SMILES string of the molecule is CC1(OCc2ccc([N+](=O)[O-])cc2Br)CNC1. The molecule has 0 aromatic heterocycles. The molecular weight excluding hydrogens is 288 g/mol. The number of nitro groups is 1. The molecular formula is C11H13BrN2O3. The Morgan fingerprint density at radius 2 is 2.29 bits per heavy atom. The zero-order valence-corrected chi connectivity index (χ0v) is 11.0. The van der Waals surface area contributed by atoms with Crippen molar-refractivity contribution in [3.05, 3.63) is 38.3 Å². The fraction of sp³-hybridized carbons (Fsp3) is 0.455. The highest BCUT2D eigenvalue weighted by Crippen LogP contribution is 2.25. The molecule has 1 aliphatic heterocycles. The molecule has 0 aliphatic carbocycles. The van der Waals surface area contributed by atoms with E-state index in [9.17, 15) is 10.1 Å². The smallest absolute Gasteiger partial charge is 0.270 e. The number of hydrogen-bond acceptors (Lipinski definition) is 4. The molecule has 17 heavy (non-hydrogen) atoms. The number of rotatable bonds is 4. The van der Waals surface area contributed by atoms with E-state index in [1.165, 1.54) is 12.1 Å². The summed E-state index contributed by atoms with van der Waals surface area (Å²) >= 11 is 3.32. The molecule has 1 saturated heterocycles. The molecule has 2 rings (SSSR count). The van der Waals surface area contributed by atoms with Crippen LogP contribution in [-0.4, -0.2) is 23.6 Å². The first-order valence-electron chi connectivity index (χ1n) is 5.28. The number of nitro benzene ring substituents is 1. The van der Waals surface area contributed by atoms with Gasteiger partial charge in [-0.05, 0) is 18.6 Å². The van der Waals surface area contributed by atoms with Crippen molar-refractivity contribution in [1.29, 1.82) is 0 Å². The Morgan fingerprint density at radius 3 is 2.76 bits per heavy atom. The summed E-state index contributed by atoms with van der Waals surface area (Å²) in [6, 6.07) is 4.71. The van der Waals surface area contributed by atoms with Gasteiger partial charge in [0.1, 0.15) is 0 Å². The van der Waals surface area contributed by atoms with Crippen LogP contribution in [0.15, 0.2) is 22.7 Å². The van der Waals surface area contributed by atoms with Crippen LogP contribution >= 0.6 is 15.9 Å². The maximum atomic E-state index is 10.6. The van der Waals surface area contributed by atoms with E-state index in [-0.39, 0.29) is 11.3 Å². The van der Waals surface area contributed by atoms with E-state index in [2.05, 4.69) is 21.2 Å². The first-order valence-corrected chi connectivity index (χ1v) is 6.07. The summed E-state index contributed by atoms with van der Waals surface area (Å²) in [6.45, 7) is 4.19. The van der Waals surface area contributed by atoms with Crippen molar-refractivity contribution in [1.82, 2.24) is 5.32 Å². The average molecular weight is 301 g/mol. The number of nitrogens with one attached hydrogen (secondary N) is 1. The molecule has 1 aliphatic rings. The zero-order valence-electron chi connectivity index (χ0n) is 9.40. The molecule has 0 radical (unpaired) electrons. The van der Waals surface area contributed by atoms with Crippen molar-refractivity contribution in [3.8, 4) is 0 Å². The summed E-state index contributed by atoms with van der Waals surface area (Å²) in [4.78, 5) is 10.2. The van der Waals surface area contributed by atoms with Crippen LogP contribution in [0.3, 0.4) is 0 Å². The molecule has 6 heteroatoms. The molecule has 1 fully saturated rings. The van der Waals surface area contributed by atoms with Crippen molar-refractivity contribution in [2.75, 3.05) is 13.1 Å². The van der Waals surface area contributed by atoms with Crippen molar-refractivity contribution >= 4 is 21.6 Å². The standard InChI is InChI=1S/C11H13BrN2O3/c1-11(6-13-7-11)17-5-8-2-3-9(14(15)16)4-10(8)12/h2-4,13H,5-7H2,1H3. The molecule has 1 heterocycles. The van der Waals surface area contributed by atoms with Crippen molar-refractivity contribution in [2.45, 2.75) is 19.1 Å². The molecule has 0 bridgehead atoms. The molecule has 0 saturated carbocycles. The van der Waals surface area contributed by atoms with Crippen LogP contribution in [0, 0.1) is 10.1 Å². The van der Waals surface area contributed by atoms with E-state index in [0.717, 1.165) is 18.7 Å². The van der Waals surface area contributed by atoms with E-state index < -0.39 is 4.92 Å². The number of ether oxygens (including phenoxy) is 1. The van der Waals surface area contributed by atoms with Crippen molar-refractivity contribution < 1.29 is 9.66 Å². The van der Waals surface area contributed by atoms with E-state index in [1.54, 1.807) is 6.07 Å². The summed E-state index contributed by atoms with van der Waals surface area (Å²) in [5.41, 5.74) is 0.891. The zero-order chi connectivity index (χ0) is 12.5. The van der Waals surface area contributed by atoms with E-state index in [4.69, 9.17) is 4.74 Å². The van der Waals surface area contributed by atoms with Crippen molar-refractivity contribution in [3.63, 3.8) is 0 Å². The van der Waals surface area contributed by atoms with Crippen LogP contribution in [0.2, 0.25) is 0 Å². The highest BCUT2D eigenvalue weighted by atomic mass is 79.9. The maximum Gasteiger partial charge on any atom is 0.270 e. The summed E-state index contributed by atoms with van der Waals surface area (Å²) in [5, 5.41) is 13.7. The number of halogens is 1. The lowest BCUT2D eigenvalue weighted by Crippen LogP contribution is -2.58. The van der Waals surface area contributed by atoms with Gasteiger partial charge in [0.15, 0.2) is 0 Å². The Labute approximate surface area is 107 Å². The Balaban J connectivity index is 2.03. The van der Waals surface area contributed by atoms with Crippen LogP contribution in [0.5, 0.6) is 0 Å². The summed E-state index contributed by atoms with van der Waals surface area (Å²) in [6.07, 6.45) is 0. The van der Waals surface area contributed by atoms with Gasteiger partial charge < -0.3 is 10.1 Å². The monoisotopic (exact) mass is 300 g/mol. The quantitative estimate of drug-likeness (QED) is 0.684. The lowest BCUT2D eigenvalue weighted by molar-refractivity contribution is -0.384. The fourth-order valence-electron chi connectivity index (χ4n) is 1.60. The second-order valence-corrected chi connectivity index (χ2v) is 5.23. The van der Waals surface area contributed by atoms with Gasteiger partial charge in [-0.2, -0.15) is 0 Å². The lowest BCUT2D eigenvalue weighted by atomic mass is 10.00. The minimum atomic E-state index is -0.410. The second-order valence-electron chi connectivity index (χ2n) is 4.37. The van der Waals surface area contributed by atoms with Crippen LogP contribution in [0.1, 0.15) is 12.5 Å². The fourth-order valence-corrected chi connectivity index (χ4v) is 2.08. The Kier molecular flexibility index (Phi) is 3.46. The molecule has 0 unspecified atom stereocenters. The predicted octanol–water partition coefficient (Wildman–Crippen LogP) is 2.24. The minimum absolute atomic E-state index is 0.0807. The molecule has 0 spiro atoms. The summed E-state index contributed by atoms with van der Waals surface area (Å²) < 4.78 is 6.48. The Morgan fingerprint density at radius 1 is 1.59 bits per heavy atom. The lowest BCUT2D eigenvalue weighted by Gasteiger charge is -2.39. The Bertz CT molecular complexity index is 446. The first-order chi connectivity index (χ1) is 8.00. The van der Waals surface area contributed by atoms with Crippen LogP contribution in [0.4, 0.5) is 5.69 Å². The molecule has 1 aromatic carbocycles. The number of nitrogens with zero attached hydrogens (tertiary/aromatic N) is 1. The van der Waals surface area contributed by atoms with Gasteiger partial charge in [-0.15, -0.1) is 0 Å². The van der Waals surface area contributed by atoms with Gasteiger partial charge in [0.05, 0.1) is 17.1 Å². The third-order valence-electron chi connectivity index (χ3n) is 2.82. The molecule has 0 amide bonds. The molecule has 5 nitrogen and oxygen atoms in total. The van der Waals surface area contributed by atoms with E-state index in [0.29, 0.717) is 11.1 Å². The van der Waals surface area contributed by atoms with Crippen LogP contribution in [-0.2, 0) is 11.3 Å². The van der Waals surface area contributed by atoms with Gasteiger partial charge in [-0.1, -0.05) is 15.9 Å². The van der Waals surface area contributed by atoms with Crippen LogP contribution in [0.25, 0.3) is 0 Å². The molecule has 0 atom stereocenters. The van der Waals surface area contributed by atoms with E-state index >= 15 is 0 Å². The molecule has 92 valence electrons. The van der Waals surface area contributed by atoms with Gasteiger partial charge in [-0.25, -0.2) is 0 Å². The number of hydrogen-bond donors (Lipinski definition) is 1. The topological polar surface area (TPSA) is 64.4 Å². The number of non-ortho nitro benzene ring substituents is 1. The van der Waals surface area contributed by atoms with Gasteiger partial charge in [0.25, 0.3) is 5.69 Å². The normalized spacial score (nSPS) is 17.5. The van der Waals surface area contributed by atoms with Crippen LogP contribution < -0.4 is 5.32 Å².